The van der Waals surface area contributed by atoms with Crippen LogP contribution in [0.3, 0.4) is 0 Å². The van der Waals surface area contributed by atoms with E-state index >= 15 is 0 Å². The number of hydrogen-bond donors (Lipinski definition) is 1. The first kappa shape index (κ1) is 18.3. The lowest BCUT2D eigenvalue weighted by Crippen LogP contribution is -2.41. The largest absolute Gasteiger partial charge is 0.489 e. The average molecular weight is 331 g/mol. The van der Waals surface area contributed by atoms with Gasteiger partial charge in [-0.3, -0.25) is 0 Å². The molecule has 1 aliphatic heterocycles. The number of nitrogens with zero attached hydrogens (tertiary/aromatic N) is 2. The Hall–Kier alpha value is -2.01. The predicted octanol–water partition coefficient (Wildman–Crippen LogP) is 2.69. The normalized spacial score (nSPS) is 17.6. The van der Waals surface area contributed by atoms with Crippen LogP contribution in [0, 0.1) is 5.92 Å². The summed E-state index contributed by atoms with van der Waals surface area (Å²) >= 11 is 0. The van der Waals surface area contributed by atoms with E-state index in [0.29, 0.717) is 19.1 Å². The van der Waals surface area contributed by atoms with Gasteiger partial charge in [0.25, 0.3) is 0 Å². The maximum absolute atomic E-state index is 5.71. The zero-order valence-electron chi connectivity index (χ0n) is 14.8. The van der Waals surface area contributed by atoms with Gasteiger partial charge in [-0.1, -0.05) is 30.9 Å². The van der Waals surface area contributed by atoms with Crippen molar-refractivity contribution in [3.05, 3.63) is 42.5 Å². The van der Waals surface area contributed by atoms with E-state index in [1.54, 1.807) is 6.08 Å². The molecule has 0 saturated carbocycles. The number of ether oxygens (including phenoxy) is 2. The van der Waals surface area contributed by atoms with E-state index in [-0.39, 0.29) is 0 Å². The lowest BCUT2D eigenvalue weighted by Gasteiger charge is -2.24. The number of hydrogen-bond acceptors (Lipinski definition) is 3. The highest BCUT2D eigenvalue weighted by molar-refractivity contribution is 5.79. The molecule has 5 nitrogen and oxygen atoms in total. The predicted molar refractivity (Wildman–Crippen MR) is 98.5 cm³/mol. The maximum Gasteiger partial charge on any atom is 0.193 e. The van der Waals surface area contributed by atoms with E-state index < -0.39 is 0 Å². The van der Waals surface area contributed by atoms with Gasteiger partial charge >= 0.3 is 0 Å². The Balaban J connectivity index is 2.03. The maximum atomic E-state index is 5.71. The Morgan fingerprint density at radius 2 is 2.33 bits per heavy atom. The Bertz CT molecular complexity index is 539. The van der Waals surface area contributed by atoms with Gasteiger partial charge in [0.05, 0.1) is 13.2 Å². The number of guanidine groups is 1. The molecule has 0 aliphatic carbocycles. The van der Waals surface area contributed by atoms with Crippen LogP contribution < -0.4 is 10.1 Å². The fraction of sp³-hybridized carbons (Fsp3) is 0.526. The molecule has 1 aromatic carbocycles. The van der Waals surface area contributed by atoms with Crippen molar-refractivity contribution in [3.63, 3.8) is 0 Å². The highest BCUT2D eigenvalue weighted by Gasteiger charge is 2.19. The van der Waals surface area contributed by atoms with Crippen LogP contribution in [0.15, 0.2) is 41.9 Å². The zero-order chi connectivity index (χ0) is 17.2. The van der Waals surface area contributed by atoms with Gasteiger partial charge in [0.2, 0.25) is 0 Å². The third kappa shape index (κ3) is 5.57. The number of para-hydroxylation sites is 1. The molecule has 1 unspecified atom stereocenters. The quantitative estimate of drug-likeness (QED) is 0.452. The molecule has 1 heterocycles. The summed E-state index contributed by atoms with van der Waals surface area (Å²) in [4.78, 5) is 6.97. The molecule has 1 fully saturated rings. The molecule has 1 atom stereocenters. The molecule has 1 saturated heterocycles. The van der Waals surface area contributed by atoms with Gasteiger partial charge in [-0.2, -0.15) is 0 Å². The van der Waals surface area contributed by atoms with Gasteiger partial charge in [-0.15, -0.1) is 0 Å². The van der Waals surface area contributed by atoms with E-state index in [4.69, 9.17) is 14.5 Å². The van der Waals surface area contributed by atoms with Crippen LogP contribution in [0.5, 0.6) is 5.75 Å². The van der Waals surface area contributed by atoms with Crippen molar-refractivity contribution in [2.24, 2.45) is 10.9 Å². The highest BCUT2D eigenvalue weighted by Crippen LogP contribution is 2.19. The summed E-state index contributed by atoms with van der Waals surface area (Å²) in [6, 6.07) is 8.01. The summed E-state index contributed by atoms with van der Waals surface area (Å²) in [6.45, 7) is 10.4. The van der Waals surface area contributed by atoms with Gasteiger partial charge in [0.15, 0.2) is 5.96 Å². The standard InChI is InChI=1S/C19H29N3O2/c1-4-11-24-18-9-7-6-8-17(18)13-21-19(20-5-2)22(3)14-16-10-12-23-15-16/h4,6-9,16H,1,5,10-15H2,2-3H3,(H,20,21). The van der Waals surface area contributed by atoms with E-state index in [2.05, 4.69) is 36.8 Å². The second-order valence-electron chi connectivity index (χ2n) is 5.99. The van der Waals surface area contributed by atoms with Crippen molar-refractivity contribution in [1.29, 1.82) is 0 Å². The molecule has 5 heteroatoms. The van der Waals surface area contributed by atoms with Crippen LogP contribution in [0.1, 0.15) is 18.9 Å². The third-order valence-corrected chi connectivity index (χ3v) is 3.98. The van der Waals surface area contributed by atoms with Crippen LogP contribution in [-0.4, -0.2) is 50.8 Å². The molecule has 1 aliphatic rings. The SMILES string of the molecule is C=CCOc1ccccc1CN=C(NCC)N(C)CC1CCOC1. The number of aliphatic imine (C=N–C) groups is 1. The molecule has 0 spiro atoms. The lowest BCUT2D eigenvalue weighted by atomic mass is 10.1. The fourth-order valence-corrected chi connectivity index (χ4v) is 2.75. The summed E-state index contributed by atoms with van der Waals surface area (Å²) in [5.41, 5.74) is 1.08. The smallest absolute Gasteiger partial charge is 0.193 e. The van der Waals surface area contributed by atoms with Gasteiger partial charge in [0.1, 0.15) is 12.4 Å². The Morgan fingerprint density at radius 1 is 1.50 bits per heavy atom. The van der Waals surface area contributed by atoms with E-state index in [9.17, 15) is 0 Å². The van der Waals surface area contributed by atoms with Crippen LogP contribution in [0.2, 0.25) is 0 Å². The molecular formula is C19H29N3O2. The summed E-state index contributed by atoms with van der Waals surface area (Å²) in [5.74, 6) is 2.37. The van der Waals surface area contributed by atoms with Crippen LogP contribution >= 0.6 is 0 Å². The fourth-order valence-electron chi connectivity index (χ4n) is 2.75. The van der Waals surface area contributed by atoms with Gasteiger partial charge in [-0.05, 0) is 19.4 Å². The second-order valence-corrected chi connectivity index (χ2v) is 5.99. The Morgan fingerprint density at radius 3 is 3.04 bits per heavy atom. The van der Waals surface area contributed by atoms with Crippen LogP contribution in [0.25, 0.3) is 0 Å². The zero-order valence-corrected chi connectivity index (χ0v) is 14.8. The highest BCUT2D eigenvalue weighted by atomic mass is 16.5. The minimum Gasteiger partial charge on any atom is -0.489 e. The van der Waals surface area contributed by atoms with Crippen molar-refractivity contribution in [3.8, 4) is 5.75 Å². The number of nitrogens with one attached hydrogen (secondary N) is 1. The second kappa shape index (κ2) is 9.98. The minimum atomic E-state index is 0.502. The molecule has 0 radical (unpaired) electrons. The molecule has 24 heavy (non-hydrogen) atoms. The van der Waals surface area contributed by atoms with Crippen molar-refractivity contribution < 1.29 is 9.47 Å². The van der Waals surface area contributed by atoms with Gasteiger partial charge in [0, 0.05) is 38.2 Å². The molecule has 0 amide bonds. The average Bonchev–Trinajstić information content (AvgIpc) is 3.10. The van der Waals surface area contributed by atoms with Crippen molar-refractivity contribution in [2.45, 2.75) is 19.9 Å². The third-order valence-electron chi connectivity index (χ3n) is 3.98. The van der Waals surface area contributed by atoms with Crippen molar-refractivity contribution in [2.75, 3.05) is 40.0 Å². The summed E-state index contributed by atoms with van der Waals surface area (Å²) < 4.78 is 11.2. The van der Waals surface area contributed by atoms with Gasteiger partial charge in [-0.25, -0.2) is 4.99 Å². The first-order valence-electron chi connectivity index (χ1n) is 8.63. The first-order chi connectivity index (χ1) is 11.7. The summed E-state index contributed by atoms with van der Waals surface area (Å²) in [6.07, 6.45) is 2.88. The molecular weight excluding hydrogens is 302 g/mol. The molecule has 132 valence electrons. The molecule has 0 aromatic heterocycles. The van der Waals surface area contributed by atoms with E-state index in [1.807, 2.05) is 18.2 Å². The number of rotatable bonds is 8. The van der Waals surface area contributed by atoms with Crippen LogP contribution in [-0.2, 0) is 11.3 Å². The van der Waals surface area contributed by atoms with E-state index in [0.717, 1.165) is 50.0 Å². The van der Waals surface area contributed by atoms with Crippen molar-refractivity contribution >= 4 is 5.96 Å². The lowest BCUT2D eigenvalue weighted by molar-refractivity contribution is 0.181. The molecule has 0 bridgehead atoms. The van der Waals surface area contributed by atoms with Crippen molar-refractivity contribution in [1.82, 2.24) is 10.2 Å². The Labute approximate surface area is 145 Å². The molecule has 1 aromatic rings. The Kier molecular flexibility index (Phi) is 7.62. The summed E-state index contributed by atoms with van der Waals surface area (Å²) in [7, 11) is 2.08. The molecule has 1 N–H and O–H groups in total. The number of benzene rings is 1. The van der Waals surface area contributed by atoms with E-state index in [1.165, 1.54) is 0 Å². The van der Waals surface area contributed by atoms with Gasteiger partial charge < -0.3 is 19.7 Å². The minimum absolute atomic E-state index is 0.502. The molecule has 2 rings (SSSR count). The monoisotopic (exact) mass is 331 g/mol. The van der Waals surface area contributed by atoms with Crippen LogP contribution in [0.4, 0.5) is 0 Å². The topological polar surface area (TPSA) is 46.1 Å². The first-order valence-corrected chi connectivity index (χ1v) is 8.63. The summed E-state index contributed by atoms with van der Waals surface area (Å²) in [5, 5.41) is 3.37.